The van der Waals surface area contributed by atoms with Crippen molar-refractivity contribution >= 4 is 23.6 Å². The van der Waals surface area contributed by atoms with E-state index in [-0.39, 0.29) is 0 Å². The fourth-order valence-electron chi connectivity index (χ4n) is 4.91. The Morgan fingerprint density at radius 3 is 2.22 bits per heavy atom. The molecule has 0 aliphatic carbocycles. The summed E-state index contributed by atoms with van der Waals surface area (Å²) in [4.78, 5) is 29.2. The molecule has 3 aromatic carbocycles. The van der Waals surface area contributed by atoms with Gasteiger partial charge in [0.15, 0.2) is 5.96 Å². The first-order valence-electron chi connectivity index (χ1n) is 13.6. The maximum atomic E-state index is 9.55. The summed E-state index contributed by atoms with van der Waals surface area (Å²) in [5.41, 5.74) is 5.01. The van der Waals surface area contributed by atoms with Crippen molar-refractivity contribution in [2.75, 3.05) is 25.5 Å². The van der Waals surface area contributed by atoms with Gasteiger partial charge in [-0.3, -0.25) is 4.90 Å². The highest BCUT2D eigenvalue weighted by Gasteiger charge is 2.25. The monoisotopic (exact) mass is 556 g/mol. The maximum Gasteiger partial charge on any atom is 0.328 e. The van der Waals surface area contributed by atoms with Crippen molar-refractivity contribution in [3.05, 3.63) is 108 Å². The number of benzene rings is 3. The Morgan fingerprint density at radius 2 is 1.54 bits per heavy atom. The molecule has 41 heavy (non-hydrogen) atoms. The zero-order chi connectivity index (χ0) is 29.0. The Hall–Kier alpha value is -4.63. The van der Waals surface area contributed by atoms with Crippen LogP contribution >= 0.6 is 0 Å². The molecule has 1 saturated heterocycles. The van der Waals surface area contributed by atoms with E-state index in [4.69, 9.17) is 19.9 Å². The lowest BCUT2D eigenvalue weighted by molar-refractivity contribution is -0.134. The molecule has 0 aromatic heterocycles. The van der Waals surface area contributed by atoms with E-state index in [0.29, 0.717) is 18.2 Å². The van der Waals surface area contributed by atoms with Crippen molar-refractivity contribution in [3.63, 3.8) is 0 Å². The van der Waals surface area contributed by atoms with Crippen molar-refractivity contribution in [1.29, 1.82) is 0 Å². The molecule has 2 heterocycles. The fraction of sp³-hybridized carbons (Fsp3) is 0.281. The van der Waals surface area contributed by atoms with E-state index in [1.807, 2.05) is 12.1 Å². The molecule has 5 rings (SSSR count). The number of rotatable bonds is 8. The van der Waals surface area contributed by atoms with Gasteiger partial charge in [0.1, 0.15) is 5.75 Å². The number of ether oxygens (including phenoxy) is 1. The first-order chi connectivity index (χ1) is 19.9. The topological polar surface area (TPSA) is 115 Å². The number of nitrogens with one attached hydrogen (secondary N) is 1. The summed E-state index contributed by atoms with van der Waals surface area (Å²) in [5.74, 6) is -0.620. The van der Waals surface area contributed by atoms with Gasteiger partial charge in [0.2, 0.25) is 0 Å². The molecule has 1 fully saturated rings. The Morgan fingerprint density at radius 1 is 0.902 bits per heavy atom. The molecule has 0 saturated carbocycles. The van der Waals surface area contributed by atoms with Crippen molar-refractivity contribution in [2.24, 2.45) is 4.99 Å². The van der Waals surface area contributed by atoms with E-state index in [2.05, 4.69) is 81.8 Å². The van der Waals surface area contributed by atoms with E-state index in [1.165, 1.54) is 16.7 Å². The summed E-state index contributed by atoms with van der Waals surface area (Å²) in [6.07, 6.45) is 3.29. The lowest BCUT2D eigenvalue weighted by Crippen LogP contribution is -2.42. The summed E-state index contributed by atoms with van der Waals surface area (Å²) in [5, 5.41) is 19.2. The number of carboxylic acid groups (broad SMARTS) is 2. The van der Waals surface area contributed by atoms with Gasteiger partial charge in [0.05, 0.1) is 13.2 Å². The van der Waals surface area contributed by atoms with Crippen LogP contribution in [0.2, 0.25) is 0 Å². The van der Waals surface area contributed by atoms with Gasteiger partial charge in [-0.05, 0) is 36.1 Å². The van der Waals surface area contributed by atoms with Gasteiger partial charge in [-0.25, -0.2) is 14.6 Å². The molecule has 2 aliphatic rings. The Bertz CT molecular complexity index is 1350. The molecule has 0 spiro atoms. The fourth-order valence-corrected chi connectivity index (χ4v) is 4.91. The number of fused-ring (bicyclic) bond motifs is 1. The highest BCUT2D eigenvalue weighted by molar-refractivity contribution is 5.96. The largest absolute Gasteiger partial charge is 0.496 e. The van der Waals surface area contributed by atoms with Gasteiger partial charge >= 0.3 is 11.9 Å². The molecule has 9 nitrogen and oxygen atoms in total. The van der Waals surface area contributed by atoms with Gasteiger partial charge in [0, 0.05) is 56.1 Å². The number of aliphatic imine (C=N–C) groups is 1. The van der Waals surface area contributed by atoms with Gasteiger partial charge in [-0.1, -0.05) is 66.7 Å². The molecule has 0 amide bonds. The molecule has 0 unspecified atom stereocenters. The number of hydrogen-bond acceptors (Lipinski definition) is 5. The van der Waals surface area contributed by atoms with E-state index < -0.39 is 11.9 Å². The first-order valence-corrected chi connectivity index (χ1v) is 13.6. The number of methoxy groups -OCH3 is 1. The van der Waals surface area contributed by atoms with Gasteiger partial charge in [-0.15, -0.1) is 0 Å². The third kappa shape index (κ3) is 8.94. The lowest BCUT2D eigenvalue weighted by atomic mass is 10.0. The smallest absolute Gasteiger partial charge is 0.328 e. The number of guanidine groups is 1. The van der Waals surface area contributed by atoms with Crippen LogP contribution in [0.4, 0.5) is 5.69 Å². The normalized spacial score (nSPS) is 16.4. The molecule has 214 valence electrons. The maximum absolute atomic E-state index is 9.55. The van der Waals surface area contributed by atoms with Crippen molar-refractivity contribution in [2.45, 2.75) is 38.5 Å². The van der Waals surface area contributed by atoms with Crippen LogP contribution in [0.5, 0.6) is 5.75 Å². The van der Waals surface area contributed by atoms with Crippen LogP contribution in [0, 0.1) is 0 Å². The number of piperidine rings is 1. The quantitative estimate of drug-likeness (QED) is 0.337. The zero-order valence-corrected chi connectivity index (χ0v) is 23.1. The van der Waals surface area contributed by atoms with E-state index in [0.717, 1.165) is 63.0 Å². The average Bonchev–Trinajstić information content (AvgIpc) is 2.98. The van der Waals surface area contributed by atoms with Crippen LogP contribution < -0.4 is 10.1 Å². The summed E-state index contributed by atoms with van der Waals surface area (Å²) >= 11 is 0. The minimum Gasteiger partial charge on any atom is -0.496 e. The van der Waals surface area contributed by atoms with Gasteiger partial charge in [0.25, 0.3) is 0 Å². The number of hydrogen-bond donors (Lipinski definition) is 3. The third-order valence-electron chi connectivity index (χ3n) is 6.96. The second kappa shape index (κ2) is 14.7. The molecule has 9 heteroatoms. The molecule has 0 atom stereocenters. The molecule has 0 radical (unpaired) electrons. The number of anilines is 1. The summed E-state index contributed by atoms with van der Waals surface area (Å²) in [6, 6.07) is 27.9. The highest BCUT2D eigenvalue weighted by atomic mass is 16.5. The molecular formula is C32H36N4O5. The average molecular weight is 557 g/mol. The molecule has 2 aliphatic heterocycles. The lowest BCUT2D eigenvalue weighted by Gasteiger charge is -2.35. The number of para-hydroxylation sites is 2. The Balaban J connectivity index is 0.000000426. The Kier molecular flexibility index (Phi) is 10.5. The zero-order valence-electron chi connectivity index (χ0n) is 23.1. The predicted octanol–water partition coefficient (Wildman–Crippen LogP) is 4.86. The molecule has 3 N–H and O–H groups in total. The summed E-state index contributed by atoms with van der Waals surface area (Å²) in [7, 11) is 1.74. The van der Waals surface area contributed by atoms with Gasteiger partial charge < -0.3 is 25.2 Å². The number of carbonyl (C=O) groups is 2. The predicted molar refractivity (Wildman–Crippen MR) is 159 cm³/mol. The number of likely N-dealkylation sites (tertiary alicyclic amines) is 1. The van der Waals surface area contributed by atoms with Crippen molar-refractivity contribution in [1.82, 2.24) is 9.80 Å². The van der Waals surface area contributed by atoms with Crippen LogP contribution in [-0.4, -0.2) is 64.2 Å². The summed E-state index contributed by atoms with van der Waals surface area (Å²) < 4.78 is 5.61. The van der Waals surface area contributed by atoms with Crippen molar-refractivity contribution < 1.29 is 24.5 Å². The van der Waals surface area contributed by atoms with Crippen LogP contribution in [0.1, 0.15) is 29.5 Å². The van der Waals surface area contributed by atoms with Crippen LogP contribution in [0.3, 0.4) is 0 Å². The van der Waals surface area contributed by atoms with E-state index in [9.17, 15) is 9.59 Å². The van der Waals surface area contributed by atoms with E-state index >= 15 is 0 Å². The summed E-state index contributed by atoms with van der Waals surface area (Å²) in [6.45, 7) is 4.79. The number of nitrogens with zero attached hydrogens (tertiary/aromatic N) is 3. The van der Waals surface area contributed by atoms with Crippen LogP contribution in [-0.2, 0) is 29.2 Å². The molecule has 0 bridgehead atoms. The first kappa shape index (κ1) is 29.4. The molecule has 3 aromatic rings. The second-order valence-corrected chi connectivity index (χ2v) is 9.91. The Labute approximate surface area is 240 Å². The van der Waals surface area contributed by atoms with Crippen molar-refractivity contribution in [3.8, 4) is 5.75 Å². The van der Waals surface area contributed by atoms with Crippen LogP contribution in [0.15, 0.2) is 96.0 Å². The van der Waals surface area contributed by atoms with E-state index in [1.54, 1.807) is 7.11 Å². The SMILES string of the molecule is COc1ccccc1CN1Cc2ccccc2NC1=NC1CCN(Cc2ccccc2)CC1.O=C(O)C=CC(=O)O. The van der Waals surface area contributed by atoms with Crippen LogP contribution in [0.25, 0.3) is 0 Å². The highest BCUT2D eigenvalue weighted by Crippen LogP contribution is 2.28. The second-order valence-electron chi connectivity index (χ2n) is 9.91. The minimum absolute atomic E-state index is 0.338. The molecular weight excluding hydrogens is 520 g/mol. The van der Waals surface area contributed by atoms with Gasteiger partial charge in [-0.2, -0.15) is 0 Å². The number of carboxylic acids is 2. The minimum atomic E-state index is -1.26. The standard InChI is InChI=1S/C28H32N4O.C4H4O4/c1-33-27-14-8-6-12-24(27)21-32-20-23-11-5-7-13-26(23)30-28(32)29-25-15-17-31(18-16-25)19-22-9-3-2-4-10-22;5-3(6)1-2-4(7)8/h2-14,25H,15-21H2,1H3,(H,29,30);1-2H,(H,5,6)(H,7,8). The number of aliphatic carboxylic acids is 2. The third-order valence-corrected chi connectivity index (χ3v) is 6.96.